The van der Waals surface area contributed by atoms with Crippen molar-refractivity contribution in [1.82, 2.24) is 19.9 Å². The number of hydrogen-bond acceptors (Lipinski definition) is 5. The maximum Gasteiger partial charge on any atom is 0.434 e. The third kappa shape index (κ3) is 4.20. The van der Waals surface area contributed by atoms with Crippen LogP contribution in [0, 0.1) is 6.92 Å². The number of nitrogens with one attached hydrogen (secondary N) is 2. The zero-order chi connectivity index (χ0) is 20.6. The lowest BCUT2D eigenvalue weighted by atomic mass is 9.91. The van der Waals surface area contributed by atoms with Gasteiger partial charge in [0, 0.05) is 24.3 Å². The van der Waals surface area contributed by atoms with Gasteiger partial charge in [0.15, 0.2) is 5.69 Å². The Morgan fingerprint density at radius 3 is 2.59 bits per heavy atom. The van der Waals surface area contributed by atoms with Crippen molar-refractivity contribution >= 4 is 17.4 Å². The predicted molar refractivity (Wildman–Crippen MR) is 98.6 cm³/mol. The Morgan fingerprint density at radius 1 is 1.21 bits per heavy atom. The number of carbonyl (C=O) groups excluding carboxylic acids is 1. The molecule has 0 radical (unpaired) electrons. The summed E-state index contributed by atoms with van der Waals surface area (Å²) < 4.78 is 45.2. The lowest BCUT2D eigenvalue weighted by Gasteiger charge is -2.30. The van der Waals surface area contributed by atoms with Crippen LogP contribution in [0.4, 0.5) is 19.0 Å². The molecule has 1 amide bonds. The van der Waals surface area contributed by atoms with Crippen LogP contribution >= 0.6 is 0 Å². The highest BCUT2D eigenvalue weighted by Crippen LogP contribution is 2.30. The molecule has 1 aliphatic carbocycles. The van der Waals surface area contributed by atoms with Crippen LogP contribution < -0.4 is 10.6 Å². The van der Waals surface area contributed by atoms with Crippen LogP contribution in [0.1, 0.15) is 47.6 Å². The van der Waals surface area contributed by atoms with E-state index in [1.807, 2.05) is 0 Å². The van der Waals surface area contributed by atoms with Gasteiger partial charge in [-0.15, -0.1) is 0 Å². The van der Waals surface area contributed by atoms with E-state index in [4.69, 9.17) is 4.52 Å². The third-order valence-corrected chi connectivity index (χ3v) is 5.05. The molecular formula is C19H20F3N5O2. The van der Waals surface area contributed by atoms with Crippen molar-refractivity contribution in [3.05, 3.63) is 47.6 Å². The molecule has 29 heavy (non-hydrogen) atoms. The van der Waals surface area contributed by atoms with Crippen LogP contribution in [0.5, 0.6) is 0 Å². The second kappa shape index (κ2) is 7.41. The average Bonchev–Trinajstić information content (AvgIpc) is 3.30. The molecule has 0 unspecified atom stereocenters. The van der Waals surface area contributed by atoms with E-state index in [1.54, 1.807) is 25.1 Å². The Balaban J connectivity index is 1.37. The number of amides is 1. The number of carbonyl (C=O) groups is 1. The molecule has 1 fully saturated rings. The van der Waals surface area contributed by atoms with Gasteiger partial charge >= 0.3 is 6.18 Å². The van der Waals surface area contributed by atoms with Gasteiger partial charge in [0.2, 0.25) is 5.76 Å². The monoisotopic (exact) mass is 407 g/mol. The summed E-state index contributed by atoms with van der Waals surface area (Å²) in [6.45, 7) is 1.75. The molecular weight excluding hydrogens is 387 g/mol. The molecule has 0 aliphatic heterocycles. The molecule has 3 heterocycles. The van der Waals surface area contributed by atoms with E-state index >= 15 is 0 Å². The fourth-order valence-electron chi connectivity index (χ4n) is 3.58. The minimum Gasteiger partial charge on any atom is -0.368 e. The SMILES string of the molecule is Cc1cc(C(=O)NC2CCC(Nc3cccc4nc(C(F)(F)F)cn34)CC2)on1. The lowest BCUT2D eigenvalue weighted by molar-refractivity contribution is -0.140. The molecule has 4 rings (SSSR count). The van der Waals surface area contributed by atoms with Gasteiger partial charge in [-0.05, 0) is 44.7 Å². The van der Waals surface area contributed by atoms with Gasteiger partial charge in [-0.25, -0.2) is 4.98 Å². The predicted octanol–water partition coefficient (Wildman–Crippen LogP) is 3.80. The molecule has 1 aliphatic rings. The first-order valence-electron chi connectivity index (χ1n) is 9.35. The van der Waals surface area contributed by atoms with E-state index in [1.165, 1.54) is 10.5 Å². The number of rotatable bonds is 4. The topological polar surface area (TPSA) is 84.5 Å². The Bertz CT molecular complexity index is 1020. The Morgan fingerprint density at radius 2 is 1.93 bits per heavy atom. The number of halogens is 3. The largest absolute Gasteiger partial charge is 0.434 e. The number of hydrogen-bond donors (Lipinski definition) is 2. The second-order valence-electron chi connectivity index (χ2n) is 7.26. The van der Waals surface area contributed by atoms with Crippen molar-refractivity contribution in [2.24, 2.45) is 0 Å². The van der Waals surface area contributed by atoms with E-state index < -0.39 is 11.9 Å². The number of anilines is 1. The first-order chi connectivity index (χ1) is 13.8. The first-order valence-corrected chi connectivity index (χ1v) is 9.35. The summed E-state index contributed by atoms with van der Waals surface area (Å²) in [7, 11) is 0. The summed E-state index contributed by atoms with van der Waals surface area (Å²) in [5, 5.41) is 9.96. The summed E-state index contributed by atoms with van der Waals surface area (Å²) in [5.41, 5.74) is -0.0307. The van der Waals surface area contributed by atoms with Gasteiger partial charge < -0.3 is 15.2 Å². The molecule has 1 saturated carbocycles. The average molecular weight is 407 g/mol. The van der Waals surface area contributed by atoms with E-state index in [0.29, 0.717) is 11.5 Å². The van der Waals surface area contributed by atoms with Crippen molar-refractivity contribution < 1.29 is 22.5 Å². The van der Waals surface area contributed by atoms with Crippen molar-refractivity contribution in [3.63, 3.8) is 0 Å². The molecule has 0 saturated heterocycles. The minimum atomic E-state index is -4.48. The summed E-state index contributed by atoms with van der Waals surface area (Å²) in [6.07, 6.45) is -0.422. The van der Waals surface area contributed by atoms with Crippen LogP contribution in [0.15, 0.2) is 35.0 Å². The van der Waals surface area contributed by atoms with E-state index in [2.05, 4.69) is 20.8 Å². The van der Waals surface area contributed by atoms with E-state index in [0.717, 1.165) is 31.9 Å². The molecule has 3 aromatic rings. The number of fused-ring (bicyclic) bond motifs is 1. The maximum atomic E-state index is 12.9. The Labute approximate surface area is 164 Å². The van der Waals surface area contributed by atoms with Crippen molar-refractivity contribution in [2.45, 2.75) is 50.9 Å². The van der Waals surface area contributed by atoms with Gasteiger partial charge in [-0.2, -0.15) is 13.2 Å². The van der Waals surface area contributed by atoms with Crippen molar-refractivity contribution in [3.8, 4) is 0 Å². The van der Waals surface area contributed by atoms with Gasteiger partial charge in [-0.1, -0.05) is 11.2 Å². The molecule has 154 valence electrons. The van der Waals surface area contributed by atoms with Crippen LogP contribution in [-0.2, 0) is 6.18 Å². The number of aromatic nitrogens is 3. The van der Waals surface area contributed by atoms with Crippen LogP contribution in [0.2, 0.25) is 0 Å². The Hall–Kier alpha value is -3.04. The number of imidazole rings is 1. The fraction of sp³-hybridized carbons (Fsp3) is 0.421. The summed E-state index contributed by atoms with van der Waals surface area (Å²) in [4.78, 5) is 15.8. The van der Waals surface area contributed by atoms with Gasteiger partial charge in [-0.3, -0.25) is 9.20 Å². The highest BCUT2D eigenvalue weighted by atomic mass is 19.4. The lowest BCUT2D eigenvalue weighted by Crippen LogP contribution is -2.40. The van der Waals surface area contributed by atoms with Gasteiger partial charge in [0.05, 0.1) is 5.69 Å². The molecule has 0 atom stereocenters. The smallest absolute Gasteiger partial charge is 0.368 e. The number of alkyl halides is 3. The fourth-order valence-corrected chi connectivity index (χ4v) is 3.58. The molecule has 0 bridgehead atoms. The Kier molecular flexibility index (Phi) is 4.93. The summed E-state index contributed by atoms with van der Waals surface area (Å²) in [5.74, 6) is 0.468. The minimum absolute atomic E-state index is 0.0202. The zero-order valence-corrected chi connectivity index (χ0v) is 15.7. The standard InChI is InChI=1S/C19H20F3N5O2/c1-11-9-14(29-26-11)18(28)24-13-7-5-12(6-8-13)23-16-3-2-4-17-25-15(10-27(16)17)19(20,21)22/h2-4,9-10,12-13,23H,5-8H2,1H3,(H,24,28). The van der Waals surface area contributed by atoms with Crippen LogP contribution in [0.25, 0.3) is 5.65 Å². The first kappa shape index (κ1) is 19.3. The molecule has 7 nitrogen and oxygen atoms in total. The molecule has 2 N–H and O–H groups in total. The molecule has 0 aromatic carbocycles. The molecule has 3 aromatic heterocycles. The summed E-state index contributed by atoms with van der Waals surface area (Å²) >= 11 is 0. The maximum absolute atomic E-state index is 12.9. The third-order valence-electron chi connectivity index (χ3n) is 5.05. The molecule has 10 heteroatoms. The number of nitrogens with zero attached hydrogens (tertiary/aromatic N) is 3. The van der Waals surface area contributed by atoms with Crippen molar-refractivity contribution in [1.29, 1.82) is 0 Å². The number of aryl methyl sites for hydroxylation is 1. The van der Waals surface area contributed by atoms with Crippen LogP contribution in [-0.4, -0.2) is 32.5 Å². The number of pyridine rings is 1. The second-order valence-corrected chi connectivity index (χ2v) is 7.26. The highest BCUT2D eigenvalue weighted by molar-refractivity contribution is 5.91. The van der Waals surface area contributed by atoms with Crippen LogP contribution in [0.3, 0.4) is 0 Å². The highest BCUT2D eigenvalue weighted by Gasteiger charge is 2.34. The van der Waals surface area contributed by atoms with Gasteiger partial charge in [0.25, 0.3) is 5.91 Å². The zero-order valence-electron chi connectivity index (χ0n) is 15.7. The van der Waals surface area contributed by atoms with Gasteiger partial charge in [0.1, 0.15) is 11.5 Å². The molecule has 0 spiro atoms. The normalized spacial score (nSPS) is 20.0. The van der Waals surface area contributed by atoms with Crippen molar-refractivity contribution in [2.75, 3.05) is 5.32 Å². The quantitative estimate of drug-likeness (QED) is 0.687. The summed E-state index contributed by atoms with van der Waals surface area (Å²) in [6, 6.07) is 6.65. The van der Waals surface area contributed by atoms with E-state index in [-0.39, 0.29) is 29.4 Å². The van der Waals surface area contributed by atoms with E-state index in [9.17, 15) is 18.0 Å².